The molecule has 0 fully saturated rings. The largest absolute Gasteiger partial charge is 0.478 e. The first-order valence-corrected chi connectivity index (χ1v) is 5.95. The highest BCUT2D eigenvalue weighted by molar-refractivity contribution is 6.37. The van der Waals surface area contributed by atoms with Crippen molar-refractivity contribution in [3.05, 3.63) is 27.7 Å². The van der Waals surface area contributed by atoms with Crippen molar-refractivity contribution in [1.82, 2.24) is 0 Å². The van der Waals surface area contributed by atoms with Crippen molar-refractivity contribution >= 4 is 46.5 Å². The van der Waals surface area contributed by atoms with E-state index in [0.717, 1.165) is 0 Å². The van der Waals surface area contributed by atoms with E-state index in [1.54, 1.807) is 0 Å². The highest BCUT2D eigenvalue weighted by Gasteiger charge is 2.15. The second kappa shape index (κ2) is 6.31. The highest BCUT2D eigenvalue weighted by Crippen LogP contribution is 2.30. The van der Waals surface area contributed by atoms with Gasteiger partial charge in [-0.05, 0) is 12.1 Å². The summed E-state index contributed by atoms with van der Waals surface area (Å²) >= 11 is 17.0. The lowest BCUT2D eigenvalue weighted by molar-refractivity contribution is 0.0697. The Labute approximate surface area is 113 Å². The number of benzene rings is 1. The van der Waals surface area contributed by atoms with Gasteiger partial charge in [-0.15, -0.1) is 11.6 Å². The average molecular weight is 299 g/mol. The molecule has 0 heterocycles. The fourth-order valence-electron chi connectivity index (χ4n) is 1.20. The minimum Gasteiger partial charge on any atom is -0.478 e. The normalized spacial score (nSPS) is 12.2. The zero-order chi connectivity index (χ0) is 13.0. The molecule has 0 aromatic heterocycles. The molecule has 0 amide bonds. The molecule has 1 unspecified atom stereocenters. The SMILES string of the molecule is O=C(O)c1cc(Cl)cc(Cl)c1NCC(O)CCl. The number of alkyl halides is 1. The van der Waals surface area contributed by atoms with Gasteiger partial charge < -0.3 is 15.5 Å². The van der Waals surface area contributed by atoms with Gasteiger partial charge in [-0.25, -0.2) is 4.79 Å². The van der Waals surface area contributed by atoms with E-state index < -0.39 is 12.1 Å². The van der Waals surface area contributed by atoms with Gasteiger partial charge in [0.1, 0.15) is 0 Å². The molecular weight excluding hydrogens is 288 g/mol. The van der Waals surface area contributed by atoms with Crippen LogP contribution in [0, 0.1) is 0 Å². The molecule has 0 spiro atoms. The molecular formula is C10H10Cl3NO3. The molecule has 94 valence electrons. The second-order valence-corrected chi connectivity index (χ2v) is 4.46. The zero-order valence-electron chi connectivity index (χ0n) is 8.58. The lowest BCUT2D eigenvalue weighted by atomic mass is 10.1. The quantitative estimate of drug-likeness (QED) is 0.731. The Bertz CT molecular complexity index is 426. The Morgan fingerprint density at radius 2 is 2.06 bits per heavy atom. The smallest absolute Gasteiger partial charge is 0.337 e. The first-order valence-electron chi connectivity index (χ1n) is 4.66. The van der Waals surface area contributed by atoms with E-state index in [-0.39, 0.29) is 33.7 Å². The molecule has 0 aliphatic heterocycles. The van der Waals surface area contributed by atoms with Crippen LogP contribution in [-0.4, -0.2) is 34.7 Å². The number of anilines is 1. The number of carboxylic acid groups (broad SMARTS) is 1. The van der Waals surface area contributed by atoms with Gasteiger partial charge in [0, 0.05) is 11.6 Å². The number of hydrogen-bond donors (Lipinski definition) is 3. The number of rotatable bonds is 5. The molecule has 1 aromatic rings. The van der Waals surface area contributed by atoms with Crippen LogP contribution in [0.5, 0.6) is 0 Å². The zero-order valence-corrected chi connectivity index (χ0v) is 10.9. The Balaban J connectivity index is 3.00. The van der Waals surface area contributed by atoms with E-state index in [0.29, 0.717) is 0 Å². The van der Waals surface area contributed by atoms with E-state index >= 15 is 0 Å². The summed E-state index contributed by atoms with van der Waals surface area (Å²) in [5.74, 6) is -1.11. The van der Waals surface area contributed by atoms with Crippen LogP contribution in [0.2, 0.25) is 10.0 Å². The number of carbonyl (C=O) groups is 1. The van der Waals surface area contributed by atoms with Crippen molar-refractivity contribution in [3.63, 3.8) is 0 Å². The van der Waals surface area contributed by atoms with Crippen molar-refractivity contribution in [2.45, 2.75) is 6.10 Å². The van der Waals surface area contributed by atoms with Gasteiger partial charge in [0.2, 0.25) is 0 Å². The maximum Gasteiger partial charge on any atom is 0.337 e. The van der Waals surface area contributed by atoms with Crippen LogP contribution in [0.15, 0.2) is 12.1 Å². The summed E-state index contributed by atoms with van der Waals surface area (Å²) < 4.78 is 0. The van der Waals surface area contributed by atoms with Crippen LogP contribution in [0.3, 0.4) is 0 Å². The highest BCUT2D eigenvalue weighted by atomic mass is 35.5. The first kappa shape index (κ1) is 14.4. The maximum atomic E-state index is 11.0. The van der Waals surface area contributed by atoms with Gasteiger partial charge in [0.05, 0.1) is 28.3 Å². The van der Waals surface area contributed by atoms with E-state index in [4.69, 9.17) is 39.9 Å². The summed E-state index contributed by atoms with van der Waals surface area (Å²) in [5, 5.41) is 21.4. The number of aliphatic hydroxyl groups is 1. The summed E-state index contributed by atoms with van der Waals surface area (Å²) in [4.78, 5) is 11.0. The number of carboxylic acids is 1. The number of aliphatic hydroxyl groups excluding tert-OH is 1. The molecule has 7 heteroatoms. The summed E-state index contributed by atoms with van der Waals surface area (Å²) in [7, 11) is 0. The summed E-state index contributed by atoms with van der Waals surface area (Å²) in [5.41, 5.74) is 0.164. The van der Waals surface area contributed by atoms with E-state index in [1.165, 1.54) is 12.1 Å². The summed E-state index contributed by atoms with van der Waals surface area (Å²) in [6.07, 6.45) is -0.787. The predicted octanol–water partition coefficient (Wildman–Crippen LogP) is 2.70. The van der Waals surface area contributed by atoms with Crippen LogP contribution in [0.4, 0.5) is 5.69 Å². The van der Waals surface area contributed by atoms with E-state index in [9.17, 15) is 9.90 Å². The van der Waals surface area contributed by atoms with Crippen LogP contribution in [0.1, 0.15) is 10.4 Å². The number of hydrogen-bond acceptors (Lipinski definition) is 3. The van der Waals surface area contributed by atoms with Gasteiger partial charge in [0.15, 0.2) is 0 Å². The van der Waals surface area contributed by atoms with Crippen molar-refractivity contribution in [2.75, 3.05) is 17.7 Å². The lowest BCUT2D eigenvalue weighted by Crippen LogP contribution is -2.22. The topological polar surface area (TPSA) is 69.6 Å². The monoisotopic (exact) mass is 297 g/mol. The Morgan fingerprint density at radius 3 is 2.59 bits per heavy atom. The molecule has 0 bridgehead atoms. The minimum absolute atomic E-state index is 0.0423. The van der Waals surface area contributed by atoms with Crippen molar-refractivity contribution < 1.29 is 15.0 Å². The molecule has 1 aromatic carbocycles. The summed E-state index contributed by atoms with van der Waals surface area (Å²) in [6, 6.07) is 2.70. The molecule has 1 rings (SSSR count). The molecule has 0 radical (unpaired) electrons. The maximum absolute atomic E-state index is 11.0. The third-order valence-corrected chi connectivity index (χ3v) is 2.85. The van der Waals surface area contributed by atoms with Crippen LogP contribution in [0.25, 0.3) is 0 Å². The molecule has 4 nitrogen and oxygen atoms in total. The molecule has 0 saturated carbocycles. The number of aromatic carboxylic acids is 1. The van der Waals surface area contributed by atoms with Crippen LogP contribution >= 0.6 is 34.8 Å². The van der Waals surface area contributed by atoms with Crippen molar-refractivity contribution in [3.8, 4) is 0 Å². The van der Waals surface area contributed by atoms with E-state index in [2.05, 4.69) is 5.32 Å². The van der Waals surface area contributed by atoms with Gasteiger partial charge in [-0.2, -0.15) is 0 Å². The molecule has 17 heavy (non-hydrogen) atoms. The van der Waals surface area contributed by atoms with Gasteiger partial charge >= 0.3 is 5.97 Å². The van der Waals surface area contributed by atoms with Gasteiger partial charge in [0.25, 0.3) is 0 Å². The number of nitrogens with one attached hydrogen (secondary N) is 1. The average Bonchev–Trinajstić information content (AvgIpc) is 2.26. The van der Waals surface area contributed by atoms with Crippen LogP contribution in [-0.2, 0) is 0 Å². The van der Waals surface area contributed by atoms with Gasteiger partial charge in [-0.1, -0.05) is 23.2 Å². The standard InChI is InChI=1S/C10H10Cl3NO3/c11-3-6(15)4-14-9-7(10(16)17)1-5(12)2-8(9)13/h1-2,6,14-15H,3-4H2,(H,16,17). The third kappa shape index (κ3) is 3.92. The minimum atomic E-state index is -1.16. The number of halogens is 3. The molecule has 0 aliphatic rings. The third-order valence-electron chi connectivity index (χ3n) is 1.98. The van der Waals surface area contributed by atoms with Gasteiger partial charge in [-0.3, -0.25) is 0 Å². The summed E-state index contributed by atoms with van der Waals surface area (Å²) in [6.45, 7) is 0.102. The van der Waals surface area contributed by atoms with Crippen molar-refractivity contribution in [1.29, 1.82) is 0 Å². The molecule has 0 saturated heterocycles. The Hall–Kier alpha value is -0.680. The predicted molar refractivity (Wildman–Crippen MR) is 68.6 cm³/mol. The Kier molecular flexibility index (Phi) is 5.33. The lowest BCUT2D eigenvalue weighted by Gasteiger charge is -2.14. The second-order valence-electron chi connectivity index (χ2n) is 3.30. The Morgan fingerprint density at radius 1 is 1.41 bits per heavy atom. The molecule has 1 atom stereocenters. The molecule has 0 aliphatic carbocycles. The first-order chi connectivity index (χ1) is 7.95. The fourth-order valence-corrected chi connectivity index (χ4v) is 1.87. The van der Waals surface area contributed by atoms with Crippen molar-refractivity contribution in [2.24, 2.45) is 0 Å². The van der Waals surface area contributed by atoms with E-state index in [1.807, 2.05) is 0 Å². The molecule has 3 N–H and O–H groups in total. The van der Waals surface area contributed by atoms with Crippen LogP contribution < -0.4 is 5.32 Å². The fraction of sp³-hybridized carbons (Fsp3) is 0.300.